The average molecular weight is 438 g/mol. The van der Waals surface area contributed by atoms with Crippen molar-refractivity contribution in [2.24, 2.45) is 5.92 Å². The number of carboxylic acid groups (broad SMARTS) is 1. The van der Waals surface area contributed by atoms with Gasteiger partial charge in [0.1, 0.15) is 0 Å². The molecule has 166 valence electrons. The van der Waals surface area contributed by atoms with Crippen molar-refractivity contribution in [3.8, 4) is 6.07 Å². The lowest BCUT2D eigenvalue weighted by Crippen LogP contribution is -2.28. The summed E-state index contributed by atoms with van der Waals surface area (Å²) in [5.41, 5.74) is 3.35. The van der Waals surface area contributed by atoms with Crippen LogP contribution in [0.25, 0.3) is 10.9 Å². The molecule has 1 aliphatic rings. The first-order valence-electron chi connectivity index (χ1n) is 10.7. The van der Waals surface area contributed by atoms with Gasteiger partial charge in [0.25, 0.3) is 0 Å². The normalized spacial score (nSPS) is 15.9. The van der Waals surface area contributed by atoms with E-state index in [9.17, 15) is 13.6 Å². The summed E-state index contributed by atoms with van der Waals surface area (Å²) >= 11 is 0. The number of hydrogen-bond acceptors (Lipinski definition) is 4. The maximum Gasteiger partial charge on any atom is 0.374 e. The summed E-state index contributed by atoms with van der Waals surface area (Å²) in [7, 11) is 0. The molecule has 3 aromatic rings. The van der Waals surface area contributed by atoms with Crippen LogP contribution in [0.4, 0.5) is 8.78 Å². The van der Waals surface area contributed by atoms with Crippen molar-refractivity contribution in [1.29, 1.82) is 5.26 Å². The molecule has 2 heterocycles. The molecule has 0 unspecified atom stereocenters. The van der Waals surface area contributed by atoms with Gasteiger partial charge < -0.3 is 5.11 Å². The third-order valence-electron chi connectivity index (χ3n) is 6.14. The summed E-state index contributed by atoms with van der Waals surface area (Å²) in [5, 5.41) is 23.2. The number of hydrogen-bond donors (Lipinski definition) is 1. The van der Waals surface area contributed by atoms with Crippen LogP contribution in [0, 0.1) is 17.2 Å². The van der Waals surface area contributed by atoms with Gasteiger partial charge in [-0.3, -0.25) is 9.67 Å². The van der Waals surface area contributed by atoms with Crippen LogP contribution in [0.15, 0.2) is 42.7 Å². The predicted molar refractivity (Wildman–Crippen MR) is 114 cm³/mol. The molecule has 1 fully saturated rings. The van der Waals surface area contributed by atoms with Gasteiger partial charge in [-0.15, -0.1) is 0 Å². The van der Waals surface area contributed by atoms with E-state index in [0.717, 1.165) is 35.0 Å². The first-order chi connectivity index (χ1) is 15.3. The molecule has 4 rings (SSSR count). The topological polar surface area (TPSA) is 91.8 Å². The number of halogens is 2. The summed E-state index contributed by atoms with van der Waals surface area (Å²) in [6.07, 6.45) is 5.59. The minimum Gasteiger partial charge on any atom is -0.477 e. The Morgan fingerprint density at radius 3 is 2.72 bits per heavy atom. The number of nitrogens with zero attached hydrogens (tertiary/aromatic N) is 4. The Kier molecular flexibility index (Phi) is 5.92. The number of pyridine rings is 1. The first-order valence-corrected chi connectivity index (χ1v) is 10.7. The minimum absolute atomic E-state index is 0.0718. The second-order valence-electron chi connectivity index (χ2n) is 8.59. The van der Waals surface area contributed by atoms with E-state index < -0.39 is 18.3 Å². The number of carboxylic acids is 1. The summed E-state index contributed by atoms with van der Waals surface area (Å²) in [6, 6.07) is 11.2. The second-order valence-corrected chi connectivity index (χ2v) is 8.59. The standard InChI is InChI=1S/C24H24F2N4O2/c1-15(3-2-10-24(25,26)23(31)32)22(18-7-8-20(28-13-18)17-5-6-17)30-21-9-4-16(12-27)11-19(21)14-29-30/h4,7-9,11,13-15,17,22H,2-3,5-6,10H2,1H3,(H,31,32)/t15-,22+/m1/s1. The fourth-order valence-electron chi connectivity index (χ4n) is 4.18. The van der Waals surface area contributed by atoms with Crippen LogP contribution in [0.2, 0.25) is 0 Å². The molecule has 1 saturated carbocycles. The predicted octanol–water partition coefficient (Wildman–Crippen LogP) is 5.30. The molecule has 0 amide bonds. The monoisotopic (exact) mass is 438 g/mol. The Bertz CT molecular complexity index is 1160. The molecule has 0 saturated heterocycles. The van der Waals surface area contributed by atoms with Crippen molar-refractivity contribution in [2.45, 2.75) is 56.9 Å². The van der Waals surface area contributed by atoms with Crippen molar-refractivity contribution >= 4 is 16.9 Å². The maximum atomic E-state index is 13.5. The van der Waals surface area contributed by atoms with Gasteiger partial charge in [0.15, 0.2) is 0 Å². The van der Waals surface area contributed by atoms with Crippen LogP contribution < -0.4 is 0 Å². The molecular weight excluding hydrogens is 414 g/mol. The molecule has 8 heteroatoms. The number of carbonyl (C=O) groups is 1. The highest BCUT2D eigenvalue weighted by molar-refractivity contribution is 5.80. The van der Waals surface area contributed by atoms with Gasteiger partial charge in [0.05, 0.1) is 29.4 Å². The van der Waals surface area contributed by atoms with Crippen LogP contribution in [0.3, 0.4) is 0 Å². The van der Waals surface area contributed by atoms with Crippen LogP contribution in [-0.2, 0) is 4.79 Å². The molecule has 1 aliphatic carbocycles. The van der Waals surface area contributed by atoms with Crippen molar-refractivity contribution in [3.63, 3.8) is 0 Å². The minimum atomic E-state index is -3.73. The fourth-order valence-corrected chi connectivity index (χ4v) is 4.18. The zero-order valence-corrected chi connectivity index (χ0v) is 17.7. The smallest absolute Gasteiger partial charge is 0.374 e. The van der Waals surface area contributed by atoms with Gasteiger partial charge in [-0.05, 0) is 61.4 Å². The lowest BCUT2D eigenvalue weighted by Gasteiger charge is -2.26. The van der Waals surface area contributed by atoms with E-state index in [4.69, 9.17) is 10.4 Å². The third-order valence-corrected chi connectivity index (χ3v) is 6.14. The summed E-state index contributed by atoms with van der Waals surface area (Å²) in [6.45, 7) is 1.95. The quantitative estimate of drug-likeness (QED) is 0.490. The highest BCUT2D eigenvalue weighted by Crippen LogP contribution is 2.40. The largest absolute Gasteiger partial charge is 0.477 e. The highest BCUT2D eigenvalue weighted by Gasteiger charge is 2.38. The molecule has 0 radical (unpaired) electrons. The molecule has 2 atom stereocenters. The van der Waals surface area contributed by atoms with Crippen LogP contribution >= 0.6 is 0 Å². The van der Waals surface area contributed by atoms with E-state index in [1.165, 1.54) is 0 Å². The Morgan fingerprint density at radius 1 is 1.31 bits per heavy atom. The van der Waals surface area contributed by atoms with Crippen LogP contribution in [0.5, 0.6) is 0 Å². The van der Waals surface area contributed by atoms with Crippen molar-refractivity contribution in [3.05, 3.63) is 59.5 Å². The number of aromatic nitrogens is 3. The van der Waals surface area contributed by atoms with Crippen LogP contribution in [0.1, 0.15) is 67.8 Å². The number of rotatable bonds is 9. The van der Waals surface area contributed by atoms with Gasteiger partial charge in [0, 0.05) is 29.6 Å². The molecule has 32 heavy (non-hydrogen) atoms. The van der Waals surface area contributed by atoms with Gasteiger partial charge in [-0.1, -0.05) is 13.0 Å². The molecule has 0 bridgehead atoms. The SMILES string of the molecule is C[C@H](CCCC(F)(F)C(=O)O)[C@@H](c1ccc(C2CC2)nc1)n1ncc2cc(C#N)ccc21. The zero-order valence-electron chi connectivity index (χ0n) is 17.7. The molecular formula is C24H24F2N4O2. The van der Waals surface area contributed by atoms with E-state index in [0.29, 0.717) is 17.9 Å². The van der Waals surface area contributed by atoms with Crippen molar-refractivity contribution in [1.82, 2.24) is 14.8 Å². The number of nitriles is 1. The first kappa shape index (κ1) is 21.9. The molecule has 6 nitrogen and oxygen atoms in total. The summed E-state index contributed by atoms with van der Waals surface area (Å²) < 4.78 is 28.9. The molecule has 1 N–H and O–H groups in total. The Hall–Kier alpha value is -3.34. The lowest BCUT2D eigenvalue weighted by atomic mass is 9.90. The van der Waals surface area contributed by atoms with E-state index in [-0.39, 0.29) is 18.4 Å². The Morgan fingerprint density at radius 2 is 2.09 bits per heavy atom. The Labute approximate surface area is 184 Å². The van der Waals surface area contributed by atoms with Gasteiger partial charge in [-0.25, -0.2) is 4.79 Å². The maximum absolute atomic E-state index is 13.5. The summed E-state index contributed by atoms with van der Waals surface area (Å²) in [4.78, 5) is 15.4. The third kappa shape index (κ3) is 4.47. The molecule has 0 spiro atoms. The Balaban J connectivity index is 1.64. The number of fused-ring (bicyclic) bond motifs is 1. The highest BCUT2D eigenvalue weighted by atomic mass is 19.3. The number of aliphatic carboxylic acids is 1. The van der Waals surface area contributed by atoms with Gasteiger partial charge in [-0.2, -0.15) is 19.1 Å². The number of benzene rings is 1. The lowest BCUT2D eigenvalue weighted by molar-refractivity contribution is -0.165. The average Bonchev–Trinajstić information content (AvgIpc) is 3.55. The second kappa shape index (κ2) is 8.65. The van der Waals surface area contributed by atoms with Gasteiger partial charge >= 0.3 is 11.9 Å². The number of alkyl halides is 2. The van der Waals surface area contributed by atoms with E-state index in [2.05, 4.69) is 16.2 Å². The molecule has 2 aromatic heterocycles. The summed E-state index contributed by atoms with van der Waals surface area (Å²) in [5.74, 6) is -5.40. The van der Waals surface area contributed by atoms with E-state index in [1.54, 1.807) is 18.3 Å². The van der Waals surface area contributed by atoms with Crippen LogP contribution in [-0.4, -0.2) is 31.8 Å². The van der Waals surface area contributed by atoms with E-state index >= 15 is 0 Å². The van der Waals surface area contributed by atoms with E-state index in [1.807, 2.05) is 36.0 Å². The zero-order chi connectivity index (χ0) is 22.9. The van der Waals surface area contributed by atoms with Crippen molar-refractivity contribution < 1.29 is 18.7 Å². The fraction of sp³-hybridized carbons (Fsp3) is 0.417. The molecule has 1 aromatic carbocycles. The molecule has 0 aliphatic heterocycles. The van der Waals surface area contributed by atoms with Gasteiger partial charge in [0.2, 0.25) is 0 Å². The van der Waals surface area contributed by atoms with Crippen molar-refractivity contribution in [2.75, 3.05) is 0 Å².